The van der Waals surface area contributed by atoms with Crippen molar-refractivity contribution in [1.82, 2.24) is 33.9 Å². The molecule has 0 aliphatic carbocycles. The van der Waals surface area contributed by atoms with E-state index >= 15 is 0 Å². The first-order valence-corrected chi connectivity index (χ1v) is 12.6. The number of aromatic nitrogens is 5. The number of amides is 1. The number of aliphatic hydroxyl groups is 1. The van der Waals surface area contributed by atoms with Crippen LogP contribution in [0.3, 0.4) is 0 Å². The van der Waals surface area contributed by atoms with Crippen LogP contribution >= 0.6 is 11.5 Å². The van der Waals surface area contributed by atoms with Gasteiger partial charge in [0.05, 0.1) is 6.54 Å². The van der Waals surface area contributed by atoms with Gasteiger partial charge in [0, 0.05) is 49.4 Å². The number of piperazine rings is 1. The molecule has 3 heterocycles. The maximum absolute atomic E-state index is 14.9. The summed E-state index contributed by atoms with van der Waals surface area (Å²) in [6.45, 7) is 3.39. The van der Waals surface area contributed by atoms with E-state index in [1.807, 2.05) is 35.2 Å². The third-order valence-corrected chi connectivity index (χ3v) is 7.45. The Hall–Kier alpha value is -3.61. The Balaban J connectivity index is 1.30. The van der Waals surface area contributed by atoms with Crippen molar-refractivity contribution in [2.75, 3.05) is 26.2 Å². The third kappa shape index (κ3) is 5.13. The van der Waals surface area contributed by atoms with Crippen molar-refractivity contribution in [3.05, 3.63) is 83.4 Å². The van der Waals surface area contributed by atoms with Crippen molar-refractivity contribution in [3.63, 3.8) is 0 Å². The summed E-state index contributed by atoms with van der Waals surface area (Å²) in [5.41, 5.74) is -0.921. The maximum Gasteiger partial charge on any atom is 0.284 e. The van der Waals surface area contributed by atoms with E-state index in [2.05, 4.69) is 19.4 Å². The normalized spacial score (nSPS) is 16.9. The Morgan fingerprint density at radius 1 is 1.14 bits per heavy atom. The summed E-state index contributed by atoms with van der Waals surface area (Å²) in [6.07, 6.45) is 2.76. The zero-order chi connectivity index (χ0) is 26.0. The van der Waals surface area contributed by atoms with E-state index in [9.17, 15) is 18.7 Å². The Morgan fingerprint density at radius 3 is 2.57 bits per heavy atom. The zero-order valence-electron chi connectivity index (χ0n) is 20.0. The van der Waals surface area contributed by atoms with Gasteiger partial charge in [-0.05, 0) is 24.5 Å². The van der Waals surface area contributed by atoms with Crippen molar-refractivity contribution < 1.29 is 18.7 Å². The fourth-order valence-electron chi connectivity index (χ4n) is 4.61. The summed E-state index contributed by atoms with van der Waals surface area (Å²) in [5.74, 6) is -1.25. The van der Waals surface area contributed by atoms with E-state index in [0.29, 0.717) is 37.0 Å². The largest absolute Gasteiger partial charge is 0.381 e. The lowest BCUT2D eigenvalue weighted by atomic mass is 9.85. The van der Waals surface area contributed by atoms with Crippen LogP contribution in [0.1, 0.15) is 22.3 Å². The number of benzene rings is 2. The van der Waals surface area contributed by atoms with Gasteiger partial charge in [-0.25, -0.2) is 23.4 Å². The van der Waals surface area contributed by atoms with Gasteiger partial charge in [0.25, 0.3) is 5.91 Å². The van der Waals surface area contributed by atoms with Crippen LogP contribution in [0.4, 0.5) is 8.78 Å². The molecule has 1 N–H and O–H groups in total. The molecule has 37 heavy (non-hydrogen) atoms. The smallest absolute Gasteiger partial charge is 0.284 e. The highest BCUT2D eigenvalue weighted by molar-refractivity contribution is 7.07. The van der Waals surface area contributed by atoms with Crippen LogP contribution in [-0.2, 0) is 12.1 Å². The van der Waals surface area contributed by atoms with Gasteiger partial charge in [-0.15, -0.1) is 0 Å². The summed E-state index contributed by atoms with van der Waals surface area (Å²) < 4.78 is 34.2. The molecule has 1 aliphatic rings. The van der Waals surface area contributed by atoms with Gasteiger partial charge >= 0.3 is 0 Å². The molecule has 9 nitrogen and oxygen atoms in total. The van der Waals surface area contributed by atoms with E-state index in [4.69, 9.17) is 0 Å². The summed E-state index contributed by atoms with van der Waals surface area (Å²) >= 11 is 1.07. The number of hydrogen-bond acceptors (Lipinski definition) is 8. The molecule has 2 aromatic heterocycles. The van der Waals surface area contributed by atoms with Crippen LogP contribution in [0.5, 0.6) is 0 Å². The Labute approximate surface area is 216 Å². The summed E-state index contributed by atoms with van der Waals surface area (Å²) in [6, 6.07) is 12.0. The van der Waals surface area contributed by atoms with Gasteiger partial charge in [0.2, 0.25) is 5.01 Å². The molecule has 5 rings (SSSR count). The van der Waals surface area contributed by atoms with Gasteiger partial charge in [0.1, 0.15) is 29.9 Å². The van der Waals surface area contributed by atoms with Crippen LogP contribution in [0.15, 0.2) is 61.2 Å². The summed E-state index contributed by atoms with van der Waals surface area (Å²) in [7, 11) is 0. The first-order chi connectivity index (χ1) is 17.8. The standard InChI is InChI=1S/C25H25F2N7O2S/c1-17(25(36,14-34-16-28-15-29-34)20-8-7-19(26)13-21(20)27)32-9-11-33(12-10-32)24(35)23-30-22(31-37-23)18-5-3-2-4-6-18/h2-8,13,15-17,36H,9-12,14H2,1H3. The molecule has 0 saturated carbocycles. The van der Waals surface area contributed by atoms with Gasteiger partial charge in [0.15, 0.2) is 5.82 Å². The Bertz CT molecular complexity index is 1360. The molecule has 2 aromatic carbocycles. The number of carbonyl (C=O) groups is 1. The number of nitrogens with zero attached hydrogens (tertiary/aromatic N) is 7. The van der Waals surface area contributed by atoms with Crippen LogP contribution < -0.4 is 0 Å². The van der Waals surface area contributed by atoms with Crippen LogP contribution in [0, 0.1) is 11.6 Å². The first kappa shape index (κ1) is 25.1. The predicted octanol–water partition coefficient (Wildman–Crippen LogP) is 2.81. The molecule has 1 amide bonds. The molecule has 4 aromatic rings. The lowest BCUT2D eigenvalue weighted by molar-refractivity contribution is -0.0719. The van der Waals surface area contributed by atoms with E-state index in [-0.39, 0.29) is 18.0 Å². The van der Waals surface area contributed by atoms with E-state index in [0.717, 1.165) is 29.2 Å². The Morgan fingerprint density at radius 2 is 1.89 bits per heavy atom. The SMILES string of the molecule is CC(N1CCN(C(=O)c2nc(-c3ccccc3)ns2)CC1)C(O)(Cn1cncn1)c1ccc(F)cc1F. The van der Waals surface area contributed by atoms with Crippen LogP contribution in [-0.4, -0.2) is 77.2 Å². The van der Waals surface area contributed by atoms with E-state index in [1.54, 1.807) is 11.8 Å². The Kier molecular flexibility index (Phi) is 7.04. The zero-order valence-corrected chi connectivity index (χ0v) is 20.9. The maximum atomic E-state index is 14.9. The van der Waals surface area contributed by atoms with Crippen molar-refractivity contribution in [2.24, 2.45) is 0 Å². The van der Waals surface area contributed by atoms with Gasteiger partial charge in [-0.1, -0.05) is 36.4 Å². The first-order valence-electron chi connectivity index (χ1n) is 11.8. The summed E-state index contributed by atoms with van der Waals surface area (Å²) in [5, 5.41) is 16.2. The second-order valence-corrected chi connectivity index (χ2v) is 9.69. The minimum Gasteiger partial charge on any atom is -0.381 e. The monoisotopic (exact) mass is 525 g/mol. The van der Waals surface area contributed by atoms with Crippen molar-refractivity contribution in [3.8, 4) is 11.4 Å². The van der Waals surface area contributed by atoms with E-state index < -0.39 is 23.3 Å². The minimum absolute atomic E-state index is 0.0299. The van der Waals surface area contributed by atoms with Crippen LogP contribution in [0.2, 0.25) is 0 Å². The molecule has 1 aliphatic heterocycles. The molecular formula is C25H25F2N7O2S. The number of hydrogen-bond donors (Lipinski definition) is 1. The van der Waals surface area contributed by atoms with Crippen molar-refractivity contribution in [1.29, 1.82) is 0 Å². The highest BCUT2D eigenvalue weighted by Gasteiger charge is 2.43. The topological polar surface area (TPSA) is 100 Å². The molecule has 1 fully saturated rings. The third-order valence-electron chi connectivity index (χ3n) is 6.75. The lowest BCUT2D eigenvalue weighted by Gasteiger charge is -2.44. The molecule has 0 bridgehead atoms. The predicted molar refractivity (Wildman–Crippen MR) is 133 cm³/mol. The fraction of sp³-hybridized carbons (Fsp3) is 0.320. The molecule has 1 saturated heterocycles. The number of carbonyl (C=O) groups excluding carboxylic acids is 1. The molecule has 2 unspecified atom stereocenters. The van der Waals surface area contributed by atoms with Crippen LogP contribution in [0.25, 0.3) is 11.4 Å². The second-order valence-electron chi connectivity index (χ2n) is 8.93. The minimum atomic E-state index is -1.73. The molecule has 12 heteroatoms. The lowest BCUT2D eigenvalue weighted by Crippen LogP contribution is -2.58. The molecule has 0 radical (unpaired) electrons. The second kappa shape index (κ2) is 10.4. The summed E-state index contributed by atoms with van der Waals surface area (Å²) in [4.78, 5) is 25.1. The molecule has 192 valence electrons. The van der Waals surface area contributed by atoms with Gasteiger partial charge in [-0.2, -0.15) is 9.47 Å². The number of halogens is 2. The average Bonchev–Trinajstić information content (AvgIpc) is 3.61. The van der Waals surface area contributed by atoms with Crippen molar-refractivity contribution >= 4 is 17.4 Å². The van der Waals surface area contributed by atoms with Gasteiger partial charge < -0.3 is 10.0 Å². The highest BCUT2D eigenvalue weighted by atomic mass is 32.1. The van der Waals surface area contributed by atoms with E-state index in [1.165, 1.54) is 23.4 Å². The quantitative estimate of drug-likeness (QED) is 0.396. The van der Waals surface area contributed by atoms with Crippen molar-refractivity contribution in [2.45, 2.75) is 25.1 Å². The molecule has 0 spiro atoms. The van der Waals surface area contributed by atoms with Gasteiger partial charge in [-0.3, -0.25) is 9.69 Å². The molecule has 2 atom stereocenters. The number of rotatable bonds is 7. The average molecular weight is 526 g/mol. The highest BCUT2D eigenvalue weighted by Crippen LogP contribution is 2.33. The fourth-order valence-corrected chi connectivity index (χ4v) is 5.26. The molecular weight excluding hydrogens is 500 g/mol.